The largest absolute Gasteiger partial charge is 0.334 e. The molecule has 3 aromatic rings. The van der Waals surface area contributed by atoms with Gasteiger partial charge < -0.3 is 10.6 Å². The van der Waals surface area contributed by atoms with Crippen LogP contribution in [0, 0.1) is 0 Å². The summed E-state index contributed by atoms with van der Waals surface area (Å²) in [5.74, 6) is 0. The van der Waals surface area contributed by atoms with Gasteiger partial charge in [-0.2, -0.15) is 5.10 Å². The molecule has 2 amide bonds. The van der Waals surface area contributed by atoms with Crippen molar-refractivity contribution in [1.29, 1.82) is 0 Å². The van der Waals surface area contributed by atoms with E-state index < -0.39 is 0 Å². The lowest BCUT2D eigenvalue weighted by Gasteiger charge is -2.05. The summed E-state index contributed by atoms with van der Waals surface area (Å²) in [6, 6.07) is 12.8. The first-order valence-corrected chi connectivity index (χ1v) is 7.34. The van der Waals surface area contributed by atoms with Gasteiger partial charge in [0.25, 0.3) is 0 Å². The second-order valence-electron chi connectivity index (χ2n) is 4.81. The number of nitrogens with zero attached hydrogens (tertiary/aromatic N) is 3. The highest BCUT2D eigenvalue weighted by atomic mass is 35.5. The predicted molar refractivity (Wildman–Crippen MR) is 88.7 cm³/mol. The number of carbonyl (C=O) groups is 1. The minimum absolute atomic E-state index is 0.312. The van der Waals surface area contributed by atoms with Crippen LogP contribution in [0.2, 0.25) is 5.15 Å². The number of nitrogens with one attached hydrogen (secondary N) is 2. The van der Waals surface area contributed by atoms with Crippen molar-refractivity contribution in [1.82, 2.24) is 20.1 Å². The number of urea groups is 1. The van der Waals surface area contributed by atoms with Crippen molar-refractivity contribution in [3.63, 3.8) is 0 Å². The van der Waals surface area contributed by atoms with E-state index in [0.29, 0.717) is 17.4 Å². The lowest BCUT2D eigenvalue weighted by Crippen LogP contribution is -2.28. The molecule has 3 rings (SSSR count). The number of aromatic nitrogens is 3. The molecule has 0 unspecified atom stereocenters. The van der Waals surface area contributed by atoms with E-state index in [1.54, 1.807) is 29.3 Å². The van der Waals surface area contributed by atoms with Crippen LogP contribution in [0.3, 0.4) is 0 Å². The second kappa shape index (κ2) is 6.93. The van der Waals surface area contributed by atoms with Crippen LogP contribution in [0.25, 0.3) is 5.69 Å². The molecule has 2 heterocycles. The normalized spacial score (nSPS) is 10.3. The number of carbonyl (C=O) groups excluding carboxylic acids is 1. The van der Waals surface area contributed by atoms with E-state index in [-0.39, 0.29) is 6.03 Å². The van der Waals surface area contributed by atoms with Crippen LogP contribution in [0.5, 0.6) is 0 Å². The molecule has 23 heavy (non-hydrogen) atoms. The number of para-hydroxylation sites is 1. The van der Waals surface area contributed by atoms with E-state index in [0.717, 1.165) is 11.3 Å². The summed E-state index contributed by atoms with van der Waals surface area (Å²) in [4.78, 5) is 15.9. The van der Waals surface area contributed by atoms with Crippen LogP contribution in [0.15, 0.2) is 61.1 Å². The van der Waals surface area contributed by atoms with Gasteiger partial charge >= 0.3 is 6.03 Å². The summed E-state index contributed by atoms with van der Waals surface area (Å²) >= 11 is 5.71. The van der Waals surface area contributed by atoms with Gasteiger partial charge in [-0.05, 0) is 23.8 Å². The maximum Gasteiger partial charge on any atom is 0.319 e. The van der Waals surface area contributed by atoms with Gasteiger partial charge in [0, 0.05) is 12.7 Å². The van der Waals surface area contributed by atoms with E-state index in [4.69, 9.17) is 11.6 Å². The Balaban J connectivity index is 1.56. The molecule has 6 nitrogen and oxygen atoms in total. The van der Waals surface area contributed by atoms with Crippen LogP contribution >= 0.6 is 11.6 Å². The maximum atomic E-state index is 11.9. The Bertz CT molecular complexity index is 786. The van der Waals surface area contributed by atoms with Gasteiger partial charge in [0.1, 0.15) is 5.15 Å². The van der Waals surface area contributed by atoms with Crippen molar-refractivity contribution in [2.75, 3.05) is 5.32 Å². The first kappa shape index (κ1) is 15.1. The maximum absolute atomic E-state index is 11.9. The molecule has 0 spiro atoms. The minimum atomic E-state index is -0.312. The third-order valence-corrected chi connectivity index (χ3v) is 3.33. The Morgan fingerprint density at radius 2 is 1.96 bits per heavy atom. The van der Waals surface area contributed by atoms with Gasteiger partial charge in [0.2, 0.25) is 0 Å². The summed E-state index contributed by atoms with van der Waals surface area (Å²) in [6.45, 7) is 0.364. The van der Waals surface area contributed by atoms with Gasteiger partial charge in [-0.3, -0.25) is 0 Å². The van der Waals surface area contributed by atoms with E-state index in [1.807, 2.05) is 36.4 Å². The molecular formula is C16H14ClN5O. The van der Waals surface area contributed by atoms with Crippen molar-refractivity contribution in [3.05, 3.63) is 71.8 Å². The Morgan fingerprint density at radius 1 is 1.13 bits per heavy atom. The number of rotatable bonds is 4. The van der Waals surface area contributed by atoms with Gasteiger partial charge in [-0.15, -0.1) is 0 Å². The molecule has 116 valence electrons. The second-order valence-corrected chi connectivity index (χ2v) is 5.19. The van der Waals surface area contributed by atoms with E-state index in [9.17, 15) is 4.79 Å². The number of hydrogen-bond acceptors (Lipinski definition) is 3. The highest BCUT2D eigenvalue weighted by Crippen LogP contribution is 2.11. The molecule has 0 aliphatic carbocycles. The molecule has 0 aliphatic heterocycles. The van der Waals surface area contributed by atoms with Crippen molar-refractivity contribution < 1.29 is 4.79 Å². The van der Waals surface area contributed by atoms with Crippen LogP contribution in [0.1, 0.15) is 5.56 Å². The lowest BCUT2D eigenvalue weighted by atomic mass is 10.3. The minimum Gasteiger partial charge on any atom is -0.334 e. The van der Waals surface area contributed by atoms with E-state index in [1.165, 1.54) is 0 Å². The van der Waals surface area contributed by atoms with Crippen molar-refractivity contribution >= 4 is 23.3 Å². The fraction of sp³-hybridized carbons (Fsp3) is 0.0625. The summed E-state index contributed by atoms with van der Waals surface area (Å²) in [5.41, 5.74) is 2.40. The zero-order valence-electron chi connectivity index (χ0n) is 12.1. The number of pyridine rings is 1. The topological polar surface area (TPSA) is 71.8 Å². The average molecular weight is 328 g/mol. The standard InChI is InChI=1S/C16H14ClN5O/c17-15-7-6-12(8-18-15)9-19-16(23)21-13-10-20-22(11-13)14-4-2-1-3-5-14/h1-8,10-11H,9H2,(H2,19,21,23). The highest BCUT2D eigenvalue weighted by molar-refractivity contribution is 6.29. The third-order valence-electron chi connectivity index (χ3n) is 3.10. The van der Waals surface area contributed by atoms with Crippen LogP contribution in [0.4, 0.5) is 10.5 Å². The number of amides is 2. The number of halogens is 1. The molecule has 0 atom stereocenters. The SMILES string of the molecule is O=C(NCc1ccc(Cl)nc1)Nc1cnn(-c2ccccc2)c1. The number of hydrogen-bond donors (Lipinski definition) is 2. The monoisotopic (exact) mass is 327 g/mol. The number of benzene rings is 1. The van der Waals surface area contributed by atoms with Crippen molar-refractivity contribution in [2.24, 2.45) is 0 Å². The first-order valence-electron chi connectivity index (χ1n) is 6.96. The lowest BCUT2D eigenvalue weighted by molar-refractivity contribution is 0.251. The molecule has 0 bridgehead atoms. The average Bonchev–Trinajstić information content (AvgIpc) is 3.04. The van der Waals surface area contributed by atoms with Crippen LogP contribution < -0.4 is 10.6 Å². The van der Waals surface area contributed by atoms with E-state index in [2.05, 4.69) is 20.7 Å². The highest BCUT2D eigenvalue weighted by Gasteiger charge is 2.05. The fourth-order valence-corrected chi connectivity index (χ4v) is 2.09. The molecule has 2 aromatic heterocycles. The molecular weight excluding hydrogens is 314 g/mol. The zero-order valence-corrected chi connectivity index (χ0v) is 12.9. The quantitative estimate of drug-likeness (QED) is 0.723. The van der Waals surface area contributed by atoms with Crippen LogP contribution in [-0.2, 0) is 6.54 Å². The molecule has 0 aliphatic rings. The summed E-state index contributed by atoms with van der Waals surface area (Å²) in [5, 5.41) is 10.1. The summed E-state index contributed by atoms with van der Waals surface area (Å²) < 4.78 is 1.69. The third kappa shape index (κ3) is 4.08. The molecule has 2 N–H and O–H groups in total. The molecule has 0 saturated heterocycles. The van der Waals surface area contributed by atoms with Crippen LogP contribution in [-0.4, -0.2) is 20.8 Å². The molecule has 0 radical (unpaired) electrons. The van der Waals surface area contributed by atoms with Crippen molar-refractivity contribution in [2.45, 2.75) is 6.54 Å². The molecule has 0 fully saturated rings. The zero-order chi connectivity index (χ0) is 16.1. The molecule has 0 saturated carbocycles. The predicted octanol–water partition coefficient (Wildman–Crippen LogP) is 3.24. The smallest absolute Gasteiger partial charge is 0.319 e. The van der Waals surface area contributed by atoms with Gasteiger partial charge in [-0.25, -0.2) is 14.5 Å². The van der Waals surface area contributed by atoms with Gasteiger partial charge in [0.05, 0.1) is 23.8 Å². The fourth-order valence-electron chi connectivity index (χ4n) is 1.98. The molecule has 1 aromatic carbocycles. The van der Waals surface area contributed by atoms with Gasteiger partial charge in [0.15, 0.2) is 0 Å². The van der Waals surface area contributed by atoms with E-state index >= 15 is 0 Å². The summed E-state index contributed by atoms with van der Waals surface area (Å²) in [7, 11) is 0. The Labute approximate surface area is 138 Å². The number of anilines is 1. The van der Waals surface area contributed by atoms with Gasteiger partial charge in [-0.1, -0.05) is 35.9 Å². The Kier molecular flexibility index (Phi) is 4.54. The Morgan fingerprint density at radius 3 is 2.70 bits per heavy atom. The Hall–Kier alpha value is -2.86. The molecule has 7 heteroatoms. The first-order chi connectivity index (χ1) is 11.2. The summed E-state index contributed by atoms with van der Waals surface area (Å²) in [6.07, 6.45) is 4.96. The van der Waals surface area contributed by atoms with Crippen molar-refractivity contribution in [3.8, 4) is 5.69 Å².